The van der Waals surface area contributed by atoms with Gasteiger partial charge in [0.25, 0.3) is 11.8 Å². The molecule has 6 N–H and O–H groups in total. The molecule has 0 bridgehead atoms. The average Bonchev–Trinajstić information content (AvgIpc) is 4.13. The van der Waals surface area contributed by atoms with Gasteiger partial charge in [-0.15, -0.1) is 11.3 Å². The number of amides is 5. The zero-order valence-corrected chi connectivity index (χ0v) is 42.4. The predicted octanol–water partition coefficient (Wildman–Crippen LogP) is 6.89. The highest BCUT2D eigenvalue weighted by molar-refractivity contribution is 7.13. The summed E-state index contributed by atoms with van der Waals surface area (Å²) in [6.07, 6.45) is 1.34. The van der Waals surface area contributed by atoms with Crippen molar-refractivity contribution in [3.05, 3.63) is 136 Å². The molecule has 7 rings (SSSR count). The third-order valence-corrected chi connectivity index (χ3v) is 13.2. The molecular weight excluding hydrogens is 929 g/mol. The van der Waals surface area contributed by atoms with E-state index in [1.54, 1.807) is 28.4 Å². The van der Waals surface area contributed by atoms with Crippen LogP contribution in [0.3, 0.4) is 0 Å². The number of thiazole rings is 1. The lowest BCUT2D eigenvalue weighted by Gasteiger charge is -2.35. The maximum atomic E-state index is 14.0. The average molecular weight is 993 g/mol. The van der Waals surface area contributed by atoms with Crippen molar-refractivity contribution < 1.29 is 33.4 Å². The summed E-state index contributed by atoms with van der Waals surface area (Å²) in [5.41, 5.74) is 10.2. The number of fused-ring (bicyclic) bond motifs is 1. The molecule has 2 atom stereocenters. The first-order valence-electron chi connectivity index (χ1n) is 24.4. The number of carbonyl (C=O) groups is 5. The van der Waals surface area contributed by atoms with E-state index >= 15 is 0 Å². The molecule has 15 nitrogen and oxygen atoms in total. The molecule has 4 aromatic carbocycles. The lowest BCUT2D eigenvalue weighted by Crippen LogP contribution is -2.57. The van der Waals surface area contributed by atoms with Gasteiger partial charge in [0.2, 0.25) is 17.7 Å². The highest BCUT2D eigenvalue weighted by atomic mass is 32.1. The van der Waals surface area contributed by atoms with E-state index in [1.165, 1.54) is 0 Å². The maximum Gasteiger partial charge on any atom is 0.296 e. The fourth-order valence-electron chi connectivity index (χ4n) is 8.44. The van der Waals surface area contributed by atoms with Gasteiger partial charge in [-0.2, -0.15) is 0 Å². The van der Waals surface area contributed by atoms with E-state index in [4.69, 9.17) is 9.47 Å². The standard InChI is InChI=1S/C56H64N8O7S/c1-6-58-47(65)25-19-38-18-24-44-45(33-38)62-54(68)49(44)50(41-11-8-7-9-12-41)61-43-22-16-39(17-23-43)34-57-27-30-71-32-31-70-29-26-48(66)63-52(56(3,4)5)55(69)64-28-10-13-46(64)53(67)59-35-40-14-20-42(21-15-40)51-37(2)60-36-72-51/h7-9,11-12,14-18,20-24,33,36,46,52,57,61H,6,10,13,26-32,34-35H2,1-5H3,(H,58,65)(H,59,67)(H,62,68)(H,63,66)/b50-49-/t46-,52+/m0/s1. The number of aryl methyl sites for hydroxylation is 1. The summed E-state index contributed by atoms with van der Waals surface area (Å²) in [6, 6.07) is 29.7. The molecule has 1 saturated heterocycles. The summed E-state index contributed by atoms with van der Waals surface area (Å²) in [5, 5.41) is 18.5. The summed E-state index contributed by atoms with van der Waals surface area (Å²) >= 11 is 1.60. The number of benzene rings is 4. The monoisotopic (exact) mass is 992 g/mol. The zero-order valence-electron chi connectivity index (χ0n) is 41.6. The summed E-state index contributed by atoms with van der Waals surface area (Å²) in [5.74, 6) is 4.09. The van der Waals surface area contributed by atoms with E-state index in [2.05, 4.69) is 48.7 Å². The third kappa shape index (κ3) is 14.3. The topological polar surface area (TPSA) is 192 Å². The molecule has 0 saturated carbocycles. The fourth-order valence-corrected chi connectivity index (χ4v) is 9.25. The Morgan fingerprint density at radius 2 is 1.61 bits per heavy atom. The number of rotatable bonds is 21. The highest BCUT2D eigenvalue weighted by Crippen LogP contribution is 2.38. The number of likely N-dealkylation sites (tertiary alicyclic amines) is 1. The minimum atomic E-state index is -0.812. The minimum absolute atomic E-state index is 0.0780. The first-order chi connectivity index (χ1) is 34.8. The first kappa shape index (κ1) is 52.7. The largest absolute Gasteiger partial charge is 0.379 e. The molecule has 0 spiro atoms. The summed E-state index contributed by atoms with van der Waals surface area (Å²) in [4.78, 5) is 72.9. The molecule has 3 heterocycles. The van der Waals surface area contributed by atoms with Gasteiger partial charge in [-0.1, -0.05) is 99.5 Å². The maximum absolute atomic E-state index is 14.0. The van der Waals surface area contributed by atoms with E-state index in [0.29, 0.717) is 87.9 Å². The second kappa shape index (κ2) is 25.3. The van der Waals surface area contributed by atoms with Crippen LogP contribution >= 0.6 is 11.3 Å². The first-order valence-corrected chi connectivity index (χ1v) is 25.3. The Morgan fingerprint density at radius 3 is 2.32 bits per heavy atom. The highest BCUT2D eigenvalue weighted by Gasteiger charge is 2.42. The van der Waals surface area contributed by atoms with Crippen LogP contribution in [-0.2, 0) is 46.5 Å². The van der Waals surface area contributed by atoms with Crippen molar-refractivity contribution in [3.63, 3.8) is 0 Å². The van der Waals surface area contributed by atoms with Crippen molar-refractivity contribution in [2.45, 2.75) is 79.1 Å². The van der Waals surface area contributed by atoms with E-state index in [9.17, 15) is 24.0 Å². The van der Waals surface area contributed by atoms with Crippen LogP contribution in [-0.4, -0.2) is 97.6 Å². The van der Waals surface area contributed by atoms with Gasteiger partial charge in [0.1, 0.15) is 12.1 Å². The third-order valence-electron chi connectivity index (χ3n) is 12.2. The number of carbonyl (C=O) groups excluding carboxylic acids is 5. The lowest BCUT2D eigenvalue weighted by molar-refractivity contribution is -0.144. The molecule has 16 heteroatoms. The number of aromatic nitrogens is 1. The Bertz CT molecular complexity index is 2790. The number of hydrogen-bond donors (Lipinski definition) is 6. The lowest BCUT2D eigenvalue weighted by atomic mass is 9.85. The van der Waals surface area contributed by atoms with Crippen molar-refractivity contribution in [2.24, 2.45) is 5.41 Å². The molecular formula is C56H64N8O7S. The van der Waals surface area contributed by atoms with Gasteiger partial charge in [0.15, 0.2) is 0 Å². The Labute approximate surface area is 425 Å². The van der Waals surface area contributed by atoms with Crippen molar-refractivity contribution >= 4 is 63.5 Å². The van der Waals surface area contributed by atoms with Gasteiger partial charge in [-0.05, 0) is 78.6 Å². The van der Waals surface area contributed by atoms with E-state index in [1.807, 2.05) is 125 Å². The predicted molar refractivity (Wildman–Crippen MR) is 282 cm³/mol. The fraction of sp³-hybridized carbons (Fsp3) is 0.357. The molecule has 1 aromatic heterocycles. The van der Waals surface area contributed by atoms with Gasteiger partial charge >= 0.3 is 0 Å². The summed E-state index contributed by atoms with van der Waals surface area (Å²) in [6.45, 7) is 13.4. The van der Waals surface area contributed by atoms with Crippen molar-refractivity contribution in [1.82, 2.24) is 31.2 Å². The molecule has 5 amide bonds. The molecule has 2 aliphatic heterocycles. The Kier molecular flexibility index (Phi) is 18.5. The van der Waals surface area contributed by atoms with Crippen LogP contribution in [0.1, 0.15) is 80.5 Å². The van der Waals surface area contributed by atoms with Crippen LogP contribution in [0.25, 0.3) is 21.7 Å². The Hall–Kier alpha value is -7.16. The Morgan fingerprint density at radius 1 is 0.889 bits per heavy atom. The van der Waals surface area contributed by atoms with Crippen LogP contribution in [0.5, 0.6) is 0 Å². The van der Waals surface area contributed by atoms with Crippen molar-refractivity contribution in [1.29, 1.82) is 0 Å². The zero-order chi connectivity index (χ0) is 51.0. The van der Waals surface area contributed by atoms with Gasteiger partial charge in [-0.25, -0.2) is 4.98 Å². The van der Waals surface area contributed by atoms with Gasteiger partial charge in [-0.3, -0.25) is 24.0 Å². The molecule has 0 radical (unpaired) electrons. The summed E-state index contributed by atoms with van der Waals surface area (Å²) < 4.78 is 11.4. The smallest absolute Gasteiger partial charge is 0.296 e. The van der Waals surface area contributed by atoms with Gasteiger partial charge < -0.3 is 46.3 Å². The number of hydrogen-bond acceptors (Lipinski definition) is 11. The number of anilines is 2. The summed E-state index contributed by atoms with van der Waals surface area (Å²) in [7, 11) is 0. The van der Waals surface area contributed by atoms with Crippen LogP contribution in [0.15, 0.2) is 103 Å². The van der Waals surface area contributed by atoms with Gasteiger partial charge in [0, 0.05) is 61.9 Å². The number of nitrogens with zero attached hydrogens (tertiary/aromatic N) is 2. The second-order valence-corrected chi connectivity index (χ2v) is 19.5. The second-order valence-electron chi connectivity index (χ2n) is 18.7. The van der Waals surface area contributed by atoms with E-state index < -0.39 is 17.5 Å². The molecule has 0 unspecified atom stereocenters. The van der Waals surface area contributed by atoms with Crippen LogP contribution in [0, 0.1) is 24.2 Å². The minimum Gasteiger partial charge on any atom is -0.379 e. The molecule has 72 heavy (non-hydrogen) atoms. The van der Waals surface area contributed by atoms with E-state index in [0.717, 1.165) is 44.1 Å². The Balaban J connectivity index is 0.799. The van der Waals surface area contributed by atoms with Crippen LogP contribution in [0.2, 0.25) is 0 Å². The molecule has 0 aliphatic carbocycles. The molecule has 2 aliphatic rings. The normalized spacial score (nSPS) is 15.2. The van der Waals surface area contributed by atoms with Crippen molar-refractivity contribution in [3.8, 4) is 22.3 Å². The number of ether oxygens (including phenoxy) is 2. The SMILES string of the molecule is CCNC(=O)C#Cc1ccc2c(c1)NC(=O)/C2=C(\Nc1ccc(CNCCOCCOCCC(=O)N[C@H](C(=O)N2CCC[C@H]2C(=O)NCc2ccc(-c3scnc3C)cc2)C(C)(C)C)cc1)c1ccccc1. The van der Waals surface area contributed by atoms with Crippen LogP contribution < -0.4 is 31.9 Å². The van der Waals surface area contributed by atoms with Crippen molar-refractivity contribution in [2.75, 3.05) is 56.7 Å². The van der Waals surface area contributed by atoms with E-state index in [-0.39, 0.29) is 42.6 Å². The number of nitrogens with one attached hydrogen (secondary N) is 6. The van der Waals surface area contributed by atoms with Crippen LogP contribution in [0.4, 0.5) is 11.4 Å². The quantitative estimate of drug-likeness (QED) is 0.0257. The molecule has 5 aromatic rings. The van der Waals surface area contributed by atoms with Gasteiger partial charge in [0.05, 0.1) is 59.5 Å². The molecule has 1 fully saturated rings. The molecule has 376 valence electrons.